The highest BCUT2D eigenvalue weighted by Crippen LogP contribution is 2.31. The highest BCUT2D eigenvalue weighted by molar-refractivity contribution is 6.30. The molecule has 0 aliphatic carbocycles. The average Bonchev–Trinajstić information content (AvgIpc) is 2.80. The van der Waals surface area contributed by atoms with Gasteiger partial charge in [0.1, 0.15) is 0 Å². The minimum Gasteiger partial charge on any atom is -0.481 e. The smallest absolute Gasteiger partial charge is 0.419 e. The van der Waals surface area contributed by atoms with Crippen molar-refractivity contribution in [2.24, 2.45) is 7.05 Å². The van der Waals surface area contributed by atoms with Crippen LogP contribution in [0.3, 0.4) is 0 Å². The lowest BCUT2D eigenvalue weighted by molar-refractivity contribution is -0.137. The second kappa shape index (κ2) is 5.93. The number of aromatic nitrogens is 1. The molecular weight excluding hydrogens is 318 g/mol. The number of aliphatic carboxylic acids is 1. The molecule has 1 heterocycles. The van der Waals surface area contributed by atoms with E-state index in [0.29, 0.717) is 16.1 Å². The summed E-state index contributed by atoms with van der Waals surface area (Å²) in [5, 5.41) is 9.81. The molecule has 118 valence electrons. The number of halogens is 1. The fourth-order valence-electron chi connectivity index (χ4n) is 2.67. The fraction of sp³-hybridized carbons (Fsp3) is 0.176. The van der Waals surface area contributed by atoms with E-state index in [4.69, 9.17) is 16.0 Å². The number of carbonyl (C=O) groups is 1. The average molecular weight is 332 g/mol. The van der Waals surface area contributed by atoms with Crippen LogP contribution in [-0.4, -0.2) is 15.6 Å². The quantitative estimate of drug-likeness (QED) is 0.795. The Morgan fingerprint density at radius 1 is 1.22 bits per heavy atom. The summed E-state index contributed by atoms with van der Waals surface area (Å²) in [5.41, 5.74) is 2.73. The second-order valence-electron chi connectivity index (χ2n) is 5.36. The van der Waals surface area contributed by atoms with E-state index in [0.717, 1.165) is 11.1 Å². The minimum atomic E-state index is -0.903. The van der Waals surface area contributed by atoms with Gasteiger partial charge in [-0.15, -0.1) is 0 Å². The number of aryl methyl sites for hydroxylation is 1. The lowest BCUT2D eigenvalue weighted by Crippen LogP contribution is -2.08. The van der Waals surface area contributed by atoms with Crippen LogP contribution in [0.4, 0.5) is 0 Å². The topological polar surface area (TPSA) is 72.4 Å². The molecule has 0 amide bonds. The highest BCUT2D eigenvalue weighted by Gasteiger charge is 2.19. The van der Waals surface area contributed by atoms with Gasteiger partial charge in [-0.25, -0.2) is 4.79 Å². The number of oxazole rings is 1. The van der Waals surface area contributed by atoms with Gasteiger partial charge in [-0.3, -0.25) is 9.36 Å². The van der Waals surface area contributed by atoms with Crippen LogP contribution in [0.2, 0.25) is 5.02 Å². The number of carboxylic acids is 1. The first-order chi connectivity index (χ1) is 11.0. The zero-order valence-corrected chi connectivity index (χ0v) is 13.1. The SMILES string of the molecule is Cn1c(=O)oc2cc(C(CC(=O)O)c3ccc(Cl)cc3)ccc21. The van der Waals surface area contributed by atoms with Crippen molar-refractivity contribution in [3.8, 4) is 0 Å². The molecule has 0 radical (unpaired) electrons. The Kier molecular flexibility index (Phi) is 3.96. The molecule has 1 unspecified atom stereocenters. The maximum atomic E-state index is 11.6. The molecule has 1 aromatic heterocycles. The van der Waals surface area contributed by atoms with Crippen LogP contribution in [0.25, 0.3) is 11.1 Å². The molecule has 0 bridgehead atoms. The number of nitrogens with zero attached hydrogens (tertiary/aromatic N) is 1. The largest absolute Gasteiger partial charge is 0.481 e. The lowest BCUT2D eigenvalue weighted by atomic mass is 9.88. The van der Waals surface area contributed by atoms with Crippen molar-refractivity contribution in [2.45, 2.75) is 12.3 Å². The number of hydrogen-bond donors (Lipinski definition) is 1. The fourth-order valence-corrected chi connectivity index (χ4v) is 2.79. The van der Waals surface area contributed by atoms with Gasteiger partial charge in [0.2, 0.25) is 0 Å². The van der Waals surface area contributed by atoms with E-state index < -0.39 is 11.7 Å². The highest BCUT2D eigenvalue weighted by atomic mass is 35.5. The zero-order chi connectivity index (χ0) is 16.6. The molecule has 0 aliphatic heterocycles. The summed E-state index contributed by atoms with van der Waals surface area (Å²) in [6, 6.07) is 12.4. The van der Waals surface area contributed by atoms with Crippen LogP contribution in [0.1, 0.15) is 23.5 Å². The van der Waals surface area contributed by atoms with Crippen molar-refractivity contribution in [3.05, 3.63) is 69.2 Å². The molecule has 3 rings (SSSR count). The molecular formula is C17H14ClNO4. The van der Waals surface area contributed by atoms with E-state index in [2.05, 4.69) is 0 Å². The number of fused-ring (bicyclic) bond motifs is 1. The first-order valence-electron chi connectivity index (χ1n) is 7.02. The third-order valence-corrected chi connectivity index (χ3v) is 4.12. The zero-order valence-electron chi connectivity index (χ0n) is 12.3. The Hall–Kier alpha value is -2.53. The summed E-state index contributed by atoms with van der Waals surface area (Å²) in [6.07, 6.45) is -0.0653. The molecule has 0 saturated heterocycles. The van der Waals surface area contributed by atoms with Crippen LogP contribution in [0.15, 0.2) is 51.7 Å². The third-order valence-electron chi connectivity index (χ3n) is 3.87. The standard InChI is InChI=1S/C17H14ClNO4/c1-19-14-7-4-11(8-15(14)23-17(19)22)13(9-16(20)21)10-2-5-12(18)6-3-10/h2-8,13H,9H2,1H3,(H,20,21). The first kappa shape index (κ1) is 15.4. The van der Waals surface area contributed by atoms with E-state index in [9.17, 15) is 14.7 Å². The van der Waals surface area contributed by atoms with Crippen LogP contribution < -0.4 is 5.76 Å². The van der Waals surface area contributed by atoms with Crippen molar-refractivity contribution in [2.75, 3.05) is 0 Å². The number of carboxylic acid groups (broad SMARTS) is 1. The van der Waals surface area contributed by atoms with Crippen LogP contribution in [-0.2, 0) is 11.8 Å². The van der Waals surface area contributed by atoms with Gasteiger partial charge in [0, 0.05) is 18.0 Å². The molecule has 2 aromatic carbocycles. The van der Waals surface area contributed by atoms with Gasteiger partial charge < -0.3 is 9.52 Å². The van der Waals surface area contributed by atoms with Crippen LogP contribution >= 0.6 is 11.6 Å². The van der Waals surface area contributed by atoms with Gasteiger partial charge in [-0.05, 0) is 35.4 Å². The van der Waals surface area contributed by atoms with Crippen LogP contribution in [0, 0.1) is 0 Å². The number of benzene rings is 2. The first-order valence-corrected chi connectivity index (χ1v) is 7.40. The molecule has 0 saturated carbocycles. The maximum Gasteiger partial charge on any atom is 0.419 e. The maximum absolute atomic E-state index is 11.6. The summed E-state index contributed by atoms with van der Waals surface area (Å²) in [4.78, 5) is 22.8. The number of hydrogen-bond acceptors (Lipinski definition) is 3. The van der Waals surface area contributed by atoms with Crippen molar-refractivity contribution in [3.63, 3.8) is 0 Å². The monoisotopic (exact) mass is 331 g/mol. The molecule has 3 aromatic rings. The summed E-state index contributed by atoms with van der Waals surface area (Å²) < 4.78 is 6.60. The van der Waals surface area contributed by atoms with Crippen molar-refractivity contribution in [1.82, 2.24) is 4.57 Å². The predicted octanol–water partition coefficient (Wildman–Crippen LogP) is 3.39. The molecule has 1 atom stereocenters. The predicted molar refractivity (Wildman–Crippen MR) is 87.0 cm³/mol. The van der Waals surface area contributed by atoms with Crippen molar-refractivity contribution >= 4 is 28.7 Å². The number of rotatable bonds is 4. The Morgan fingerprint density at radius 2 is 1.87 bits per heavy atom. The Morgan fingerprint density at radius 3 is 2.52 bits per heavy atom. The summed E-state index contributed by atoms with van der Waals surface area (Å²) in [7, 11) is 1.63. The van der Waals surface area contributed by atoms with Gasteiger partial charge in [0.25, 0.3) is 0 Å². The van der Waals surface area contributed by atoms with E-state index in [1.165, 1.54) is 4.57 Å². The van der Waals surface area contributed by atoms with Crippen molar-refractivity contribution in [1.29, 1.82) is 0 Å². The van der Waals surface area contributed by atoms with E-state index >= 15 is 0 Å². The normalized spacial score (nSPS) is 12.4. The molecule has 23 heavy (non-hydrogen) atoms. The minimum absolute atomic E-state index is 0.0653. The summed E-state index contributed by atoms with van der Waals surface area (Å²) in [6.45, 7) is 0. The molecule has 5 nitrogen and oxygen atoms in total. The van der Waals surface area contributed by atoms with Gasteiger partial charge in [0.05, 0.1) is 11.9 Å². The third kappa shape index (κ3) is 3.00. The van der Waals surface area contributed by atoms with Gasteiger partial charge in [-0.2, -0.15) is 0 Å². The summed E-state index contributed by atoms with van der Waals surface area (Å²) in [5.74, 6) is -1.70. The van der Waals surface area contributed by atoms with Gasteiger partial charge in [-0.1, -0.05) is 29.8 Å². The van der Waals surface area contributed by atoms with Gasteiger partial charge >= 0.3 is 11.7 Å². The molecule has 0 spiro atoms. The van der Waals surface area contributed by atoms with Crippen molar-refractivity contribution < 1.29 is 14.3 Å². The van der Waals surface area contributed by atoms with E-state index in [1.54, 1.807) is 43.4 Å². The second-order valence-corrected chi connectivity index (χ2v) is 5.79. The molecule has 0 fully saturated rings. The van der Waals surface area contributed by atoms with Gasteiger partial charge in [0.15, 0.2) is 5.58 Å². The summed E-state index contributed by atoms with van der Waals surface area (Å²) >= 11 is 5.90. The lowest BCUT2D eigenvalue weighted by Gasteiger charge is -2.16. The van der Waals surface area contributed by atoms with E-state index in [-0.39, 0.29) is 12.3 Å². The molecule has 0 aliphatic rings. The molecule has 1 N–H and O–H groups in total. The Bertz CT molecular complexity index is 924. The Balaban J connectivity index is 2.10. The van der Waals surface area contributed by atoms with E-state index in [1.807, 2.05) is 6.07 Å². The Labute approximate surface area is 136 Å². The van der Waals surface area contributed by atoms with Crippen LogP contribution in [0.5, 0.6) is 0 Å². The molecule has 6 heteroatoms.